The Morgan fingerprint density at radius 1 is 0.929 bits per heavy atom. The molecule has 0 saturated carbocycles. The van der Waals surface area contributed by atoms with Crippen LogP contribution in [0.5, 0.6) is 0 Å². The number of halogens is 2. The standard InChI is InChI=1S/2C3H3ClO3/c2*4-2-1-6-3(5)7-2/h2*2H,1H2. The Hall–Kier alpha value is -0.880. The summed E-state index contributed by atoms with van der Waals surface area (Å²) >= 11 is 10.5. The topological polar surface area (TPSA) is 71.1 Å². The van der Waals surface area contributed by atoms with Crippen molar-refractivity contribution in [1.29, 1.82) is 0 Å². The molecule has 2 heterocycles. The molecule has 2 saturated heterocycles. The van der Waals surface area contributed by atoms with Gasteiger partial charge in [-0.1, -0.05) is 23.2 Å². The molecule has 0 bridgehead atoms. The van der Waals surface area contributed by atoms with Gasteiger partial charge in [-0.25, -0.2) is 9.59 Å². The van der Waals surface area contributed by atoms with Gasteiger partial charge in [0.05, 0.1) is 0 Å². The van der Waals surface area contributed by atoms with Crippen LogP contribution in [0.3, 0.4) is 0 Å². The van der Waals surface area contributed by atoms with Crippen molar-refractivity contribution in [2.75, 3.05) is 13.2 Å². The van der Waals surface area contributed by atoms with Crippen LogP contribution in [0, 0.1) is 0 Å². The van der Waals surface area contributed by atoms with Gasteiger partial charge in [0.1, 0.15) is 13.2 Å². The molecule has 0 aromatic heterocycles. The van der Waals surface area contributed by atoms with Gasteiger partial charge in [0.15, 0.2) is 0 Å². The van der Waals surface area contributed by atoms with E-state index in [0.717, 1.165) is 0 Å². The zero-order valence-corrected chi connectivity index (χ0v) is 8.29. The summed E-state index contributed by atoms with van der Waals surface area (Å²) in [5.41, 5.74) is -1.15. The Morgan fingerprint density at radius 3 is 1.36 bits per heavy atom. The van der Waals surface area contributed by atoms with E-state index < -0.39 is 23.4 Å². The van der Waals surface area contributed by atoms with Gasteiger partial charge in [-0.2, -0.15) is 0 Å². The van der Waals surface area contributed by atoms with Crippen molar-refractivity contribution in [3.8, 4) is 0 Å². The number of cyclic esters (lactones) is 4. The van der Waals surface area contributed by atoms with Gasteiger partial charge in [-0.3, -0.25) is 0 Å². The smallest absolute Gasteiger partial charge is 0.429 e. The van der Waals surface area contributed by atoms with E-state index >= 15 is 0 Å². The van der Waals surface area contributed by atoms with Crippen LogP contribution < -0.4 is 0 Å². The summed E-state index contributed by atoms with van der Waals surface area (Å²) in [5, 5.41) is 0. The normalized spacial score (nSPS) is 29.3. The Kier molecular flexibility index (Phi) is 4.09. The van der Waals surface area contributed by atoms with Crippen LogP contribution in [0.15, 0.2) is 0 Å². The monoisotopic (exact) mass is 244 g/mol. The Labute approximate surface area is 88.9 Å². The van der Waals surface area contributed by atoms with E-state index in [9.17, 15) is 9.59 Å². The van der Waals surface area contributed by atoms with Crippen LogP contribution in [0.4, 0.5) is 9.59 Å². The van der Waals surface area contributed by atoms with Crippen molar-refractivity contribution < 1.29 is 28.5 Å². The molecule has 0 amide bonds. The number of alkyl halides is 2. The maximum atomic E-state index is 9.92. The van der Waals surface area contributed by atoms with E-state index in [4.69, 9.17) is 23.2 Å². The first-order valence-electron chi connectivity index (χ1n) is 3.53. The summed E-state index contributed by atoms with van der Waals surface area (Å²) in [4.78, 5) is 19.8. The molecular formula is C6H6Cl2O6. The maximum absolute atomic E-state index is 9.92. The Morgan fingerprint density at radius 2 is 1.29 bits per heavy atom. The van der Waals surface area contributed by atoms with Gasteiger partial charge in [-0.05, 0) is 0 Å². The third kappa shape index (κ3) is 3.89. The fourth-order valence-corrected chi connectivity index (χ4v) is 0.883. The average molecular weight is 245 g/mol. The summed E-state index contributed by atoms with van der Waals surface area (Å²) in [6.07, 6.45) is -1.36. The van der Waals surface area contributed by atoms with Gasteiger partial charge in [0.2, 0.25) is 11.1 Å². The molecule has 6 nitrogen and oxygen atoms in total. The van der Waals surface area contributed by atoms with E-state index in [1.807, 2.05) is 0 Å². The SMILES string of the molecule is O=C1OCC(Cl)O1.O=C1OCC(Cl)O1. The van der Waals surface area contributed by atoms with Crippen molar-refractivity contribution in [1.82, 2.24) is 0 Å². The maximum Gasteiger partial charge on any atom is 0.510 e. The highest BCUT2D eigenvalue weighted by atomic mass is 35.5. The Bertz CT molecular complexity index is 208. The number of hydrogen-bond donors (Lipinski definition) is 0. The molecule has 0 spiro atoms. The largest absolute Gasteiger partial charge is 0.510 e. The van der Waals surface area contributed by atoms with E-state index in [1.165, 1.54) is 0 Å². The quantitative estimate of drug-likeness (QED) is 0.475. The molecule has 0 aromatic carbocycles. The highest BCUT2D eigenvalue weighted by molar-refractivity contribution is 6.20. The van der Waals surface area contributed by atoms with E-state index in [0.29, 0.717) is 0 Å². The number of rotatable bonds is 0. The lowest BCUT2D eigenvalue weighted by atomic mass is 10.8. The average Bonchev–Trinajstić information content (AvgIpc) is 2.63. The molecule has 8 heteroatoms. The van der Waals surface area contributed by atoms with Crippen molar-refractivity contribution >= 4 is 35.5 Å². The molecule has 2 unspecified atom stereocenters. The fourth-order valence-electron chi connectivity index (χ4n) is 0.612. The summed E-state index contributed by atoms with van der Waals surface area (Å²) < 4.78 is 17.1. The molecule has 2 aliphatic rings. The van der Waals surface area contributed by atoms with Crippen LogP contribution in [-0.4, -0.2) is 36.7 Å². The predicted molar refractivity (Wildman–Crippen MR) is 44.1 cm³/mol. The summed E-state index contributed by atoms with van der Waals surface area (Å²) in [7, 11) is 0. The number of ether oxygens (including phenoxy) is 4. The highest BCUT2D eigenvalue weighted by Gasteiger charge is 2.21. The molecule has 2 aliphatic heterocycles. The molecular weight excluding hydrogens is 239 g/mol. The molecule has 0 aromatic rings. The number of carbonyl (C=O) groups is 2. The molecule has 0 N–H and O–H groups in total. The first kappa shape index (κ1) is 11.2. The zero-order chi connectivity index (χ0) is 10.6. The lowest BCUT2D eigenvalue weighted by Crippen LogP contribution is -1.97. The molecule has 0 aliphatic carbocycles. The van der Waals surface area contributed by atoms with Gasteiger partial charge in [-0.15, -0.1) is 0 Å². The third-order valence-corrected chi connectivity index (χ3v) is 1.54. The molecule has 2 fully saturated rings. The van der Waals surface area contributed by atoms with Crippen LogP contribution in [0.2, 0.25) is 0 Å². The molecule has 0 radical (unpaired) electrons. The van der Waals surface area contributed by atoms with E-state index in [1.54, 1.807) is 0 Å². The summed E-state index contributed by atoms with van der Waals surface area (Å²) in [6, 6.07) is 0. The van der Waals surface area contributed by atoms with Gasteiger partial charge in [0, 0.05) is 0 Å². The second-order valence-corrected chi connectivity index (χ2v) is 3.15. The fraction of sp³-hybridized carbons (Fsp3) is 0.667. The van der Waals surface area contributed by atoms with Crippen molar-refractivity contribution in [2.24, 2.45) is 0 Å². The third-order valence-electron chi connectivity index (χ3n) is 1.11. The minimum atomic E-state index is -0.681. The molecule has 80 valence electrons. The van der Waals surface area contributed by atoms with Gasteiger partial charge in [0.25, 0.3) is 0 Å². The van der Waals surface area contributed by atoms with E-state index in [2.05, 4.69) is 18.9 Å². The second kappa shape index (κ2) is 5.11. The summed E-state index contributed by atoms with van der Waals surface area (Å²) in [6.45, 7) is 0.334. The number of hydrogen-bond acceptors (Lipinski definition) is 6. The van der Waals surface area contributed by atoms with Gasteiger partial charge < -0.3 is 18.9 Å². The second-order valence-electron chi connectivity index (χ2n) is 2.18. The first-order valence-corrected chi connectivity index (χ1v) is 4.40. The first-order chi connectivity index (χ1) is 6.58. The van der Waals surface area contributed by atoms with Crippen LogP contribution >= 0.6 is 23.2 Å². The van der Waals surface area contributed by atoms with Crippen molar-refractivity contribution in [2.45, 2.75) is 11.1 Å². The summed E-state index contributed by atoms with van der Waals surface area (Å²) in [5.74, 6) is 0. The van der Waals surface area contributed by atoms with Crippen LogP contribution in [-0.2, 0) is 18.9 Å². The minimum absolute atomic E-state index is 0.167. The predicted octanol–water partition coefficient (Wildman–Crippen LogP) is 1.44. The van der Waals surface area contributed by atoms with Crippen molar-refractivity contribution in [3.05, 3.63) is 0 Å². The molecule has 2 atom stereocenters. The van der Waals surface area contributed by atoms with Crippen LogP contribution in [0.1, 0.15) is 0 Å². The minimum Gasteiger partial charge on any atom is -0.429 e. The zero-order valence-electron chi connectivity index (χ0n) is 6.77. The lowest BCUT2D eigenvalue weighted by molar-refractivity contribution is 0.127. The van der Waals surface area contributed by atoms with Crippen molar-refractivity contribution in [3.63, 3.8) is 0 Å². The number of carbonyl (C=O) groups excluding carboxylic acids is 2. The molecule has 14 heavy (non-hydrogen) atoms. The highest BCUT2D eigenvalue weighted by Crippen LogP contribution is 2.08. The Balaban J connectivity index is 0.000000140. The van der Waals surface area contributed by atoms with Gasteiger partial charge >= 0.3 is 12.3 Å². The molecule has 2 rings (SSSR count). The van der Waals surface area contributed by atoms with Crippen LogP contribution in [0.25, 0.3) is 0 Å². The lowest BCUT2D eigenvalue weighted by Gasteiger charge is -1.87. The van der Waals surface area contributed by atoms with E-state index in [-0.39, 0.29) is 13.2 Å².